The Labute approximate surface area is 195 Å². The standard InChI is InChI=1S/C24H26N4O4S/c29-13-19-23(27-9-2-5-18(12-27)32-15-30)26-21-11-16(8-10-28(21)24(19)31)6-7-22-25-20(14-33-22)17-3-1-4-17/h8,10-11,13-15,17-18H,1-7,9,12H2. The first-order valence-corrected chi connectivity index (χ1v) is 12.3. The van der Waals surface area contributed by atoms with Crippen LogP contribution in [0.2, 0.25) is 0 Å². The first kappa shape index (κ1) is 21.8. The van der Waals surface area contributed by atoms with E-state index in [2.05, 4.69) is 10.4 Å². The van der Waals surface area contributed by atoms with Crippen molar-refractivity contribution in [3.8, 4) is 0 Å². The Hall–Kier alpha value is -3.07. The Morgan fingerprint density at radius 2 is 2.03 bits per heavy atom. The fourth-order valence-electron chi connectivity index (χ4n) is 4.58. The quantitative estimate of drug-likeness (QED) is 0.471. The predicted octanol–water partition coefficient (Wildman–Crippen LogP) is 3.16. The fraction of sp³-hybridized carbons (Fsp3) is 0.458. The van der Waals surface area contributed by atoms with Crippen molar-refractivity contribution in [2.75, 3.05) is 18.0 Å². The molecule has 2 fully saturated rings. The molecule has 1 atom stereocenters. The molecule has 1 aliphatic carbocycles. The number of carbonyl (C=O) groups is 2. The molecule has 1 unspecified atom stereocenters. The molecule has 172 valence electrons. The van der Waals surface area contributed by atoms with Crippen LogP contribution in [0, 0.1) is 0 Å². The topological polar surface area (TPSA) is 93.9 Å². The number of aromatic nitrogens is 3. The number of nitrogens with zero attached hydrogens (tertiary/aromatic N) is 4. The van der Waals surface area contributed by atoms with Gasteiger partial charge in [0.15, 0.2) is 6.29 Å². The molecule has 1 aliphatic heterocycles. The number of ether oxygens (including phenoxy) is 1. The number of anilines is 1. The second-order valence-corrected chi connectivity index (χ2v) is 9.71. The number of pyridine rings is 1. The van der Waals surface area contributed by atoms with Crippen LogP contribution >= 0.6 is 11.3 Å². The number of hydrogen-bond donors (Lipinski definition) is 0. The number of rotatable bonds is 8. The number of carbonyl (C=O) groups excluding carboxylic acids is 2. The summed E-state index contributed by atoms with van der Waals surface area (Å²) in [6.07, 6.45) is 8.96. The van der Waals surface area contributed by atoms with Crippen molar-refractivity contribution in [2.45, 2.75) is 57.0 Å². The van der Waals surface area contributed by atoms with Gasteiger partial charge in [0, 0.05) is 30.5 Å². The summed E-state index contributed by atoms with van der Waals surface area (Å²) in [5, 5.41) is 3.32. The van der Waals surface area contributed by atoms with Crippen LogP contribution in [0.25, 0.3) is 5.65 Å². The maximum atomic E-state index is 13.0. The molecule has 3 aromatic heterocycles. The summed E-state index contributed by atoms with van der Waals surface area (Å²) >= 11 is 1.72. The largest absolute Gasteiger partial charge is 0.463 e. The van der Waals surface area contributed by atoms with Crippen molar-refractivity contribution in [2.24, 2.45) is 0 Å². The Morgan fingerprint density at radius 3 is 2.79 bits per heavy atom. The normalized spacial score (nSPS) is 18.8. The highest BCUT2D eigenvalue weighted by Crippen LogP contribution is 2.36. The molecule has 0 spiro atoms. The molecule has 9 heteroatoms. The van der Waals surface area contributed by atoms with Crippen molar-refractivity contribution in [3.05, 3.63) is 55.9 Å². The molecule has 8 nitrogen and oxygen atoms in total. The Morgan fingerprint density at radius 1 is 1.15 bits per heavy atom. The lowest BCUT2D eigenvalue weighted by molar-refractivity contribution is -0.133. The van der Waals surface area contributed by atoms with Gasteiger partial charge in [0.1, 0.15) is 23.1 Å². The van der Waals surface area contributed by atoms with Gasteiger partial charge < -0.3 is 9.64 Å². The molecule has 3 aromatic rings. The molecule has 33 heavy (non-hydrogen) atoms. The average molecular weight is 467 g/mol. The lowest BCUT2D eigenvalue weighted by Crippen LogP contribution is -2.41. The molecule has 2 aliphatic rings. The third-order valence-electron chi connectivity index (χ3n) is 6.67. The Balaban J connectivity index is 1.39. The summed E-state index contributed by atoms with van der Waals surface area (Å²) in [6, 6.07) is 3.81. The van der Waals surface area contributed by atoms with E-state index in [0.717, 1.165) is 36.3 Å². The van der Waals surface area contributed by atoms with Crippen LogP contribution in [0.15, 0.2) is 28.5 Å². The average Bonchev–Trinajstić information content (AvgIpc) is 3.25. The highest BCUT2D eigenvalue weighted by atomic mass is 32.1. The lowest BCUT2D eigenvalue weighted by atomic mass is 9.83. The number of aryl methyl sites for hydroxylation is 2. The molecule has 0 aromatic carbocycles. The summed E-state index contributed by atoms with van der Waals surface area (Å²) in [7, 11) is 0. The second kappa shape index (κ2) is 9.43. The van der Waals surface area contributed by atoms with Gasteiger partial charge in [-0.25, -0.2) is 9.97 Å². The number of piperidine rings is 1. The van der Waals surface area contributed by atoms with Gasteiger partial charge in [0.25, 0.3) is 12.0 Å². The van der Waals surface area contributed by atoms with Crippen molar-refractivity contribution < 1.29 is 14.3 Å². The highest BCUT2D eigenvalue weighted by molar-refractivity contribution is 7.09. The number of aldehydes is 1. The Bertz CT molecular complexity index is 1230. The zero-order valence-electron chi connectivity index (χ0n) is 18.3. The van der Waals surface area contributed by atoms with E-state index in [0.29, 0.717) is 43.2 Å². The molecule has 1 saturated heterocycles. The van der Waals surface area contributed by atoms with Crippen molar-refractivity contribution in [1.82, 2.24) is 14.4 Å². The predicted molar refractivity (Wildman–Crippen MR) is 125 cm³/mol. The van der Waals surface area contributed by atoms with Crippen molar-refractivity contribution in [3.63, 3.8) is 0 Å². The minimum absolute atomic E-state index is 0.0262. The molecule has 0 N–H and O–H groups in total. The van der Waals surface area contributed by atoms with Crippen LogP contribution in [0.4, 0.5) is 5.82 Å². The summed E-state index contributed by atoms with van der Waals surface area (Å²) in [6.45, 7) is 1.51. The lowest BCUT2D eigenvalue weighted by Gasteiger charge is -2.33. The first-order valence-electron chi connectivity index (χ1n) is 11.4. The SMILES string of the molecule is O=COC1CCCN(c2nc3cc(CCc4nc(C5CCC5)cs4)ccn3c(=O)c2C=O)C1. The van der Waals surface area contributed by atoms with E-state index in [-0.39, 0.29) is 17.2 Å². The zero-order chi connectivity index (χ0) is 22.8. The summed E-state index contributed by atoms with van der Waals surface area (Å²) in [4.78, 5) is 46.9. The Kier molecular flexibility index (Phi) is 6.22. The van der Waals surface area contributed by atoms with Gasteiger partial charge in [-0.2, -0.15) is 0 Å². The molecule has 0 amide bonds. The molecule has 5 rings (SSSR count). The number of fused-ring (bicyclic) bond motifs is 1. The van der Waals surface area contributed by atoms with Gasteiger partial charge in [0.05, 0.1) is 17.2 Å². The molecule has 4 heterocycles. The van der Waals surface area contributed by atoms with Crippen LogP contribution < -0.4 is 10.5 Å². The molecular weight excluding hydrogens is 440 g/mol. The van der Waals surface area contributed by atoms with Crippen LogP contribution in [-0.4, -0.2) is 46.3 Å². The van der Waals surface area contributed by atoms with Gasteiger partial charge in [-0.05, 0) is 49.8 Å². The van der Waals surface area contributed by atoms with Gasteiger partial charge in [-0.1, -0.05) is 6.42 Å². The van der Waals surface area contributed by atoms with E-state index in [9.17, 15) is 14.4 Å². The van der Waals surface area contributed by atoms with E-state index >= 15 is 0 Å². The van der Waals surface area contributed by atoms with Crippen LogP contribution in [0.1, 0.15) is 64.6 Å². The van der Waals surface area contributed by atoms with Gasteiger partial charge in [-0.3, -0.25) is 18.8 Å². The highest BCUT2D eigenvalue weighted by Gasteiger charge is 2.26. The molecular formula is C24H26N4O4S. The smallest absolute Gasteiger partial charge is 0.293 e. The van der Waals surface area contributed by atoms with Gasteiger partial charge >= 0.3 is 0 Å². The summed E-state index contributed by atoms with van der Waals surface area (Å²) in [5.74, 6) is 1.000. The van der Waals surface area contributed by atoms with Crippen molar-refractivity contribution >= 4 is 35.6 Å². The maximum absolute atomic E-state index is 13.0. The van der Waals surface area contributed by atoms with E-state index < -0.39 is 0 Å². The number of thiazole rings is 1. The third-order valence-corrected chi connectivity index (χ3v) is 7.60. The van der Waals surface area contributed by atoms with Gasteiger partial charge in [-0.15, -0.1) is 11.3 Å². The monoisotopic (exact) mass is 466 g/mol. The van der Waals surface area contributed by atoms with Gasteiger partial charge in [0.2, 0.25) is 0 Å². The van der Waals surface area contributed by atoms with E-state index in [1.165, 1.54) is 29.4 Å². The van der Waals surface area contributed by atoms with Crippen LogP contribution in [0.3, 0.4) is 0 Å². The minimum atomic E-state index is -0.389. The molecule has 0 radical (unpaired) electrons. The van der Waals surface area contributed by atoms with E-state index in [4.69, 9.17) is 9.72 Å². The van der Waals surface area contributed by atoms with Crippen molar-refractivity contribution in [1.29, 1.82) is 0 Å². The first-order chi connectivity index (χ1) is 16.2. The second-order valence-electron chi connectivity index (χ2n) is 8.77. The van der Waals surface area contributed by atoms with Crippen LogP contribution in [0.5, 0.6) is 0 Å². The number of hydrogen-bond acceptors (Lipinski definition) is 8. The molecule has 0 bridgehead atoms. The molecule has 1 saturated carbocycles. The minimum Gasteiger partial charge on any atom is -0.463 e. The van der Waals surface area contributed by atoms with Crippen LogP contribution in [-0.2, 0) is 22.4 Å². The maximum Gasteiger partial charge on any atom is 0.293 e. The summed E-state index contributed by atoms with van der Waals surface area (Å²) < 4.78 is 6.53. The van der Waals surface area contributed by atoms with E-state index in [1.54, 1.807) is 17.5 Å². The zero-order valence-corrected chi connectivity index (χ0v) is 19.1. The summed E-state index contributed by atoms with van der Waals surface area (Å²) in [5.41, 5.74) is 2.44. The fourth-order valence-corrected chi connectivity index (χ4v) is 5.46. The van der Waals surface area contributed by atoms with E-state index in [1.807, 2.05) is 17.0 Å². The third kappa shape index (κ3) is 4.42.